The highest BCUT2D eigenvalue weighted by Gasteiger charge is 2.33. The molecule has 4 nitrogen and oxygen atoms in total. The van der Waals surface area contributed by atoms with E-state index in [0.717, 1.165) is 6.07 Å². The molecule has 2 heterocycles. The Balaban J connectivity index is 2.54. The number of nitrogens with zero attached hydrogens (tertiary/aromatic N) is 2. The quantitative estimate of drug-likeness (QED) is 0.849. The average Bonchev–Trinajstić information content (AvgIpc) is 2.29. The SMILES string of the molecule is Cc1ncc(-c2ccc(=O)[nH]n2)cc1C(F)(F)F. The largest absolute Gasteiger partial charge is 0.418 e. The number of hydrogen-bond acceptors (Lipinski definition) is 3. The van der Waals surface area contributed by atoms with E-state index in [1.54, 1.807) is 0 Å². The molecule has 18 heavy (non-hydrogen) atoms. The predicted octanol–water partition coefficient (Wildman–Crippen LogP) is 2.16. The molecule has 0 saturated heterocycles. The number of pyridine rings is 1. The predicted molar refractivity (Wildman–Crippen MR) is 57.8 cm³/mol. The van der Waals surface area contributed by atoms with Crippen LogP contribution in [0.15, 0.2) is 29.2 Å². The van der Waals surface area contributed by atoms with Gasteiger partial charge in [-0.05, 0) is 19.1 Å². The Morgan fingerprint density at radius 3 is 2.56 bits per heavy atom. The van der Waals surface area contributed by atoms with Crippen molar-refractivity contribution < 1.29 is 13.2 Å². The number of aromatic nitrogens is 3. The highest BCUT2D eigenvalue weighted by atomic mass is 19.4. The van der Waals surface area contributed by atoms with Gasteiger partial charge in [0.25, 0.3) is 5.56 Å². The van der Waals surface area contributed by atoms with E-state index in [9.17, 15) is 18.0 Å². The summed E-state index contributed by atoms with van der Waals surface area (Å²) in [7, 11) is 0. The minimum absolute atomic E-state index is 0.101. The molecule has 0 amide bonds. The van der Waals surface area contributed by atoms with Gasteiger partial charge in [0.15, 0.2) is 0 Å². The molecular formula is C11H8F3N3O. The summed E-state index contributed by atoms with van der Waals surface area (Å²) in [4.78, 5) is 14.5. The van der Waals surface area contributed by atoms with E-state index in [0.29, 0.717) is 0 Å². The minimum atomic E-state index is -4.46. The smallest absolute Gasteiger partial charge is 0.268 e. The zero-order valence-corrected chi connectivity index (χ0v) is 9.25. The van der Waals surface area contributed by atoms with E-state index >= 15 is 0 Å². The fourth-order valence-corrected chi connectivity index (χ4v) is 1.47. The van der Waals surface area contributed by atoms with Crippen LogP contribution in [0.25, 0.3) is 11.3 Å². The molecule has 0 aliphatic heterocycles. The lowest BCUT2D eigenvalue weighted by Crippen LogP contribution is -2.10. The standard InChI is InChI=1S/C11H8F3N3O/c1-6-8(11(12,13)14)4-7(5-15-6)9-2-3-10(18)17-16-9/h2-5H,1H3,(H,17,18). The molecule has 0 unspecified atom stereocenters. The Kier molecular flexibility index (Phi) is 2.90. The van der Waals surface area contributed by atoms with Crippen LogP contribution in [0.2, 0.25) is 0 Å². The molecule has 2 rings (SSSR count). The molecule has 0 bridgehead atoms. The molecule has 94 valence electrons. The zero-order chi connectivity index (χ0) is 13.3. The topological polar surface area (TPSA) is 58.6 Å². The first-order chi connectivity index (χ1) is 8.38. The Labute approximate surface area is 99.5 Å². The van der Waals surface area contributed by atoms with Crippen molar-refractivity contribution in [3.63, 3.8) is 0 Å². The lowest BCUT2D eigenvalue weighted by Gasteiger charge is -2.10. The van der Waals surface area contributed by atoms with Crippen LogP contribution in [0, 0.1) is 6.92 Å². The molecule has 0 spiro atoms. The Hall–Kier alpha value is -2.18. The third-order valence-corrected chi connectivity index (χ3v) is 2.37. The van der Waals surface area contributed by atoms with Gasteiger partial charge in [-0.3, -0.25) is 9.78 Å². The van der Waals surface area contributed by atoms with Crippen molar-refractivity contribution in [3.8, 4) is 11.3 Å². The second kappa shape index (κ2) is 4.25. The summed E-state index contributed by atoms with van der Waals surface area (Å²) >= 11 is 0. The van der Waals surface area contributed by atoms with E-state index < -0.39 is 17.3 Å². The molecule has 0 atom stereocenters. The first-order valence-corrected chi connectivity index (χ1v) is 4.98. The summed E-state index contributed by atoms with van der Waals surface area (Å²) in [6.45, 7) is 1.28. The molecule has 1 N–H and O–H groups in total. The molecule has 2 aromatic heterocycles. The summed E-state index contributed by atoms with van der Waals surface area (Å²) in [5.74, 6) is 0. The van der Waals surface area contributed by atoms with Crippen LogP contribution < -0.4 is 5.56 Å². The van der Waals surface area contributed by atoms with Crippen molar-refractivity contribution in [2.24, 2.45) is 0 Å². The van der Waals surface area contributed by atoms with Gasteiger partial charge in [-0.1, -0.05) is 0 Å². The number of hydrogen-bond donors (Lipinski definition) is 1. The number of alkyl halides is 3. The highest BCUT2D eigenvalue weighted by Crippen LogP contribution is 2.32. The second-order valence-corrected chi connectivity index (χ2v) is 3.66. The number of rotatable bonds is 1. The van der Waals surface area contributed by atoms with Crippen LogP contribution in [-0.2, 0) is 6.18 Å². The number of aryl methyl sites for hydroxylation is 1. The van der Waals surface area contributed by atoms with Gasteiger partial charge < -0.3 is 0 Å². The van der Waals surface area contributed by atoms with Crippen molar-refractivity contribution in [2.75, 3.05) is 0 Å². The monoisotopic (exact) mass is 255 g/mol. The summed E-state index contributed by atoms with van der Waals surface area (Å²) in [5.41, 5.74) is -0.907. The van der Waals surface area contributed by atoms with E-state index in [1.807, 2.05) is 0 Å². The highest BCUT2D eigenvalue weighted by molar-refractivity contribution is 5.58. The van der Waals surface area contributed by atoms with Gasteiger partial charge in [-0.15, -0.1) is 0 Å². The third kappa shape index (κ3) is 2.39. The van der Waals surface area contributed by atoms with Crippen molar-refractivity contribution in [1.82, 2.24) is 15.2 Å². The summed E-state index contributed by atoms with van der Waals surface area (Å²) < 4.78 is 38.1. The van der Waals surface area contributed by atoms with Gasteiger partial charge >= 0.3 is 6.18 Å². The van der Waals surface area contributed by atoms with Gasteiger partial charge in [0, 0.05) is 23.5 Å². The van der Waals surface area contributed by atoms with Gasteiger partial charge in [-0.25, -0.2) is 5.10 Å². The number of H-pyrrole nitrogens is 1. The van der Waals surface area contributed by atoms with Crippen LogP contribution in [0.4, 0.5) is 13.2 Å². The van der Waals surface area contributed by atoms with Crippen molar-refractivity contribution in [1.29, 1.82) is 0 Å². The normalized spacial score (nSPS) is 11.6. The van der Waals surface area contributed by atoms with E-state index in [2.05, 4.69) is 15.2 Å². The lowest BCUT2D eigenvalue weighted by molar-refractivity contribution is -0.138. The van der Waals surface area contributed by atoms with Gasteiger partial charge in [0.05, 0.1) is 11.3 Å². The third-order valence-electron chi connectivity index (χ3n) is 2.37. The first kappa shape index (κ1) is 12.3. The maximum absolute atomic E-state index is 12.7. The number of nitrogens with one attached hydrogen (secondary N) is 1. The Bertz CT molecular complexity index is 614. The Morgan fingerprint density at radius 1 is 1.28 bits per heavy atom. The van der Waals surface area contributed by atoms with Crippen LogP contribution in [0.3, 0.4) is 0 Å². The molecule has 0 aliphatic carbocycles. The van der Waals surface area contributed by atoms with E-state index in [-0.39, 0.29) is 17.0 Å². The molecule has 0 radical (unpaired) electrons. The molecule has 0 saturated carbocycles. The Morgan fingerprint density at radius 2 is 2.00 bits per heavy atom. The molecular weight excluding hydrogens is 247 g/mol. The average molecular weight is 255 g/mol. The maximum Gasteiger partial charge on any atom is 0.418 e. The first-order valence-electron chi connectivity index (χ1n) is 4.98. The van der Waals surface area contributed by atoms with Gasteiger partial charge in [0.1, 0.15) is 0 Å². The second-order valence-electron chi connectivity index (χ2n) is 3.66. The van der Waals surface area contributed by atoms with Crippen molar-refractivity contribution >= 4 is 0 Å². The van der Waals surface area contributed by atoms with Crippen LogP contribution >= 0.6 is 0 Å². The van der Waals surface area contributed by atoms with Crippen LogP contribution in [0.1, 0.15) is 11.3 Å². The van der Waals surface area contributed by atoms with Crippen molar-refractivity contribution in [2.45, 2.75) is 13.1 Å². The molecule has 2 aromatic rings. The summed E-state index contributed by atoms with van der Waals surface area (Å²) in [5, 5.41) is 5.81. The van der Waals surface area contributed by atoms with Crippen LogP contribution in [-0.4, -0.2) is 15.2 Å². The van der Waals surface area contributed by atoms with Crippen LogP contribution in [0.5, 0.6) is 0 Å². The molecule has 7 heteroatoms. The van der Waals surface area contributed by atoms with E-state index in [4.69, 9.17) is 0 Å². The number of aromatic amines is 1. The summed E-state index contributed by atoms with van der Waals surface area (Å²) in [6.07, 6.45) is -3.18. The molecule has 0 aliphatic rings. The summed E-state index contributed by atoms with van der Waals surface area (Å²) in [6, 6.07) is 3.49. The molecule has 0 fully saturated rings. The fourth-order valence-electron chi connectivity index (χ4n) is 1.47. The number of halogens is 3. The fraction of sp³-hybridized carbons (Fsp3) is 0.182. The van der Waals surface area contributed by atoms with Crippen molar-refractivity contribution in [3.05, 3.63) is 46.0 Å². The van der Waals surface area contributed by atoms with Gasteiger partial charge in [0.2, 0.25) is 0 Å². The maximum atomic E-state index is 12.7. The zero-order valence-electron chi connectivity index (χ0n) is 9.25. The minimum Gasteiger partial charge on any atom is -0.268 e. The van der Waals surface area contributed by atoms with E-state index in [1.165, 1.54) is 25.3 Å². The lowest BCUT2D eigenvalue weighted by atomic mass is 10.1. The van der Waals surface area contributed by atoms with Gasteiger partial charge in [-0.2, -0.15) is 18.3 Å². The molecule has 0 aromatic carbocycles.